The van der Waals surface area contributed by atoms with Crippen molar-refractivity contribution in [2.45, 2.75) is 6.42 Å². The first kappa shape index (κ1) is 12.1. The van der Waals surface area contributed by atoms with E-state index in [1.807, 2.05) is 24.3 Å². The van der Waals surface area contributed by atoms with Gasteiger partial charge in [-0.25, -0.2) is 0 Å². The van der Waals surface area contributed by atoms with E-state index in [-0.39, 0.29) is 0 Å². The number of nitrogens with one attached hydrogen (secondary N) is 2. The molecular weight excluding hydrogens is 280 g/mol. The molecule has 17 heavy (non-hydrogen) atoms. The SMILES string of the molecule is NCCCNc1cn[nH]c1-c1ccccc1Br. The molecular formula is C12H15BrN4. The number of nitrogens with zero attached hydrogens (tertiary/aromatic N) is 1. The van der Waals surface area contributed by atoms with Crippen LogP contribution in [0, 0.1) is 0 Å². The summed E-state index contributed by atoms with van der Waals surface area (Å²) in [5.41, 5.74) is 8.57. The molecule has 0 aliphatic rings. The first-order chi connectivity index (χ1) is 8.33. The molecule has 90 valence electrons. The van der Waals surface area contributed by atoms with Crippen molar-refractivity contribution in [2.75, 3.05) is 18.4 Å². The Morgan fingerprint density at radius 1 is 1.35 bits per heavy atom. The maximum atomic E-state index is 5.47. The van der Waals surface area contributed by atoms with Gasteiger partial charge in [0.25, 0.3) is 0 Å². The van der Waals surface area contributed by atoms with E-state index >= 15 is 0 Å². The summed E-state index contributed by atoms with van der Waals surface area (Å²) in [6.07, 6.45) is 2.74. The van der Waals surface area contributed by atoms with Crippen molar-refractivity contribution < 1.29 is 0 Å². The molecule has 0 bridgehead atoms. The molecule has 0 atom stereocenters. The van der Waals surface area contributed by atoms with Gasteiger partial charge in [0.05, 0.1) is 17.6 Å². The van der Waals surface area contributed by atoms with Crippen LogP contribution in [0.15, 0.2) is 34.9 Å². The Morgan fingerprint density at radius 3 is 2.94 bits per heavy atom. The molecule has 5 heteroatoms. The molecule has 2 rings (SSSR count). The van der Waals surface area contributed by atoms with Crippen molar-refractivity contribution in [3.05, 3.63) is 34.9 Å². The number of hydrogen-bond donors (Lipinski definition) is 3. The molecule has 0 saturated carbocycles. The van der Waals surface area contributed by atoms with Crippen LogP contribution in [0.5, 0.6) is 0 Å². The van der Waals surface area contributed by atoms with Crippen LogP contribution in [0.25, 0.3) is 11.3 Å². The molecule has 0 unspecified atom stereocenters. The molecule has 4 nitrogen and oxygen atoms in total. The summed E-state index contributed by atoms with van der Waals surface area (Å²) in [4.78, 5) is 0. The molecule has 0 aliphatic carbocycles. The average Bonchev–Trinajstić information content (AvgIpc) is 2.78. The molecule has 0 spiro atoms. The van der Waals surface area contributed by atoms with Gasteiger partial charge in [-0.15, -0.1) is 0 Å². The van der Waals surface area contributed by atoms with Crippen molar-refractivity contribution in [3.63, 3.8) is 0 Å². The topological polar surface area (TPSA) is 66.7 Å². The van der Waals surface area contributed by atoms with Gasteiger partial charge in [-0.3, -0.25) is 5.10 Å². The molecule has 0 radical (unpaired) electrons. The highest BCUT2D eigenvalue weighted by Crippen LogP contribution is 2.31. The quantitative estimate of drug-likeness (QED) is 0.743. The Labute approximate surface area is 109 Å². The smallest absolute Gasteiger partial charge is 0.0893 e. The number of nitrogens with two attached hydrogens (primary N) is 1. The second kappa shape index (κ2) is 5.84. The number of halogens is 1. The first-order valence-electron chi connectivity index (χ1n) is 5.55. The fraction of sp³-hybridized carbons (Fsp3) is 0.250. The van der Waals surface area contributed by atoms with E-state index in [1.165, 1.54) is 0 Å². The Morgan fingerprint density at radius 2 is 2.18 bits per heavy atom. The summed E-state index contributed by atoms with van der Waals surface area (Å²) in [5.74, 6) is 0. The first-order valence-corrected chi connectivity index (χ1v) is 6.34. The zero-order valence-electron chi connectivity index (χ0n) is 9.41. The summed E-state index contributed by atoms with van der Waals surface area (Å²) >= 11 is 3.54. The minimum atomic E-state index is 0.690. The lowest BCUT2D eigenvalue weighted by Crippen LogP contribution is -2.08. The van der Waals surface area contributed by atoms with Gasteiger partial charge in [0.1, 0.15) is 0 Å². The van der Waals surface area contributed by atoms with Crippen LogP contribution < -0.4 is 11.1 Å². The van der Waals surface area contributed by atoms with Gasteiger partial charge in [0.15, 0.2) is 0 Å². The normalized spacial score (nSPS) is 10.5. The van der Waals surface area contributed by atoms with Crippen LogP contribution in [0.1, 0.15) is 6.42 Å². The molecule has 1 heterocycles. The van der Waals surface area contributed by atoms with Crippen molar-refractivity contribution in [2.24, 2.45) is 5.73 Å². The second-order valence-electron chi connectivity index (χ2n) is 3.71. The fourth-order valence-corrected chi connectivity index (χ4v) is 2.10. The third-order valence-corrected chi connectivity index (χ3v) is 3.17. The van der Waals surface area contributed by atoms with Gasteiger partial charge in [0.2, 0.25) is 0 Å². The van der Waals surface area contributed by atoms with Gasteiger partial charge >= 0.3 is 0 Å². The zero-order chi connectivity index (χ0) is 12.1. The number of benzene rings is 1. The van der Waals surface area contributed by atoms with Crippen molar-refractivity contribution in [3.8, 4) is 11.3 Å². The molecule has 1 aromatic carbocycles. The van der Waals surface area contributed by atoms with Crippen molar-refractivity contribution >= 4 is 21.6 Å². The van der Waals surface area contributed by atoms with Crippen molar-refractivity contribution in [1.29, 1.82) is 0 Å². The Hall–Kier alpha value is -1.33. The van der Waals surface area contributed by atoms with Gasteiger partial charge < -0.3 is 11.1 Å². The molecule has 4 N–H and O–H groups in total. The zero-order valence-corrected chi connectivity index (χ0v) is 11.0. The summed E-state index contributed by atoms with van der Waals surface area (Å²) in [6.45, 7) is 1.54. The number of aromatic nitrogens is 2. The summed E-state index contributed by atoms with van der Waals surface area (Å²) in [5, 5.41) is 10.4. The third-order valence-electron chi connectivity index (χ3n) is 2.48. The van der Waals surface area contributed by atoms with E-state index in [9.17, 15) is 0 Å². The predicted octanol–water partition coefficient (Wildman–Crippen LogP) is 2.60. The van der Waals surface area contributed by atoms with Crippen LogP contribution in [0.2, 0.25) is 0 Å². The second-order valence-corrected chi connectivity index (χ2v) is 4.56. The lowest BCUT2D eigenvalue weighted by atomic mass is 10.1. The monoisotopic (exact) mass is 294 g/mol. The number of anilines is 1. The van der Waals surface area contributed by atoms with Crippen molar-refractivity contribution in [1.82, 2.24) is 10.2 Å². The fourth-order valence-electron chi connectivity index (χ4n) is 1.61. The van der Waals surface area contributed by atoms with Crippen LogP contribution in [0.4, 0.5) is 5.69 Å². The van der Waals surface area contributed by atoms with Crippen LogP contribution in [-0.2, 0) is 0 Å². The third kappa shape index (κ3) is 2.87. The highest BCUT2D eigenvalue weighted by molar-refractivity contribution is 9.10. The molecule has 2 aromatic rings. The largest absolute Gasteiger partial charge is 0.382 e. The standard InChI is InChI=1S/C12H15BrN4/c13-10-5-2-1-4-9(10)12-11(8-16-17-12)15-7-3-6-14/h1-2,4-5,8,15H,3,6-7,14H2,(H,16,17). The van der Waals surface area contributed by atoms with Gasteiger partial charge in [0, 0.05) is 16.6 Å². The van der Waals surface area contributed by atoms with E-state index in [1.54, 1.807) is 6.20 Å². The van der Waals surface area contributed by atoms with Crippen LogP contribution in [-0.4, -0.2) is 23.3 Å². The lowest BCUT2D eigenvalue weighted by Gasteiger charge is -2.07. The van der Waals surface area contributed by atoms with E-state index < -0.39 is 0 Å². The van der Waals surface area contributed by atoms with Gasteiger partial charge in [-0.05, 0) is 19.0 Å². The predicted molar refractivity (Wildman–Crippen MR) is 73.9 cm³/mol. The van der Waals surface area contributed by atoms with E-state index in [0.29, 0.717) is 6.54 Å². The highest BCUT2D eigenvalue weighted by Gasteiger charge is 2.09. The van der Waals surface area contributed by atoms with Crippen LogP contribution >= 0.6 is 15.9 Å². The number of H-pyrrole nitrogens is 1. The Bertz CT molecular complexity index is 481. The van der Waals surface area contributed by atoms with E-state index in [4.69, 9.17) is 5.73 Å². The maximum Gasteiger partial charge on any atom is 0.0893 e. The molecule has 1 aromatic heterocycles. The number of hydrogen-bond acceptors (Lipinski definition) is 3. The van der Waals surface area contributed by atoms with Crippen LogP contribution in [0.3, 0.4) is 0 Å². The van der Waals surface area contributed by atoms with E-state index in [0.717, 1.165) is 34.4 Å². The molecule has 0 saturated heterocycles. The Kier molecular flexibility index (Phi) is 4.17. The minimum absolute atomic E-state index is 0.690. The lowest BCUT2D eigenvalue weighted by molar-refractivity contribution is 0.875. The number of rotatable bonds is 5. The van der Waals surface area contributed by atoms with Gasteiger partial charge in [-0.1, -0.05) is 34.1 Å². The highest BCUT2D eigenvalue weighted by atomic mass is 79.9. The maximum absolute atomic E-state index is 5.47. The minimum Gasteiger partial charge on any atom is -0.382 e. The molecule has 0 aliphatic heterocycles. The molecule has 0 amide bonds. The Balaban J connectivity index is 2.22. The number of aromatic amines is 1. The molecule has 0 fully saturated rings. The summed E-state index contributed by atoms with van der Waals surface area (Å²) < 4.78 is 1.05. The van der Waals surface area contributed by atoms with E-state index in [2.05, 4.69) is 31.4 Å². The average molecular weight is 295 g/mol. The van der Waals surface area contributed by atoms with Gasteiger partial charge in [-0.2, -0.15) is 5.10 Å². The summed E-state index contributed by atoms with van der Waals surface area (Å²) in [7, 11) is 0. The summed E-state index contributed by atoms with van der Waals surface area (Å²) in [6, 6.07) is 8.06.